The van der Waals surface area contributed by atoms with E-state index < -0.39 is 0 Å². The lowest BCUT2D eigenvalue weighted by molar-refractivity contribution is 0.0579. The summed E-state index contributed by atoms with van der Waals surface area (Å²) in [5, 5.41) is 0. The SMILES string of the molecule is C#CC1CN(C(=O)c2ccnc(-c3ncc[nH]3)c2)C1. The third-order valence-electron chi connectivity index (χ3n) is 3.15. The number of amides is 1. The second-order valence-corrected chi connectivity index (χ2v) is 4.44. The topological polar surface area (TPSA) is 61.9 Å². The molecule has 5 heteroatoms. The van der Waals surface area contributed by atoms with Crippen LogP contribution in [0.2, 0.25) is 0 Å². The van der Waals surface area contributed by atoms with E-state index in [0.717, 1.165) is 0 Å². The van der Waals surface area contributed by atoms with Crippen LogP contribution in [0.5, 0.6) is 0 Å². The maximum atomic E-state index is 12.2. The number of rotatable bonds is 2. The molecule has 0 radical (unpaired) electrons. The van der Waals surface area contributed by atoms with Crippen molar-refractivity contribution in [1.82, 2.24) is 19.9 Å². The molecule has 1 N–H and O–H groups in total. The molecule has 2 aromatic heterocycles. The van der Waals surface area contributed by atoms with Gasteiger partial charge in [-0.2, -0.15) is 0 Å². The summed E-state index contributed by atoms with van der Waals surface area (Å²) in [7, 11) is 0. The molecule has 3 rings (SSSR count). The lowest BCUT2D eigenvalue weighted by atomic mass is 10.00. The van der Waals surface area contributed by atoms with Gasteiger partial charge in [-0.3, -0.25) is 9.78 Å². The largest absolute Gasteiger partial charge is 0.343 e. The van der Waals surface area contributed by atoms with E-state index >= 15 is 0 Å². The number of hydrogen-bond acceptors (Lipinski definition) is 3. The van der Waals surface area contributed by atoms with Crippen LogP contribution in [-0.4, -0.2) is 38.8 Å². The average Bonchev–Trinajstić information content (AvgIpc) is 2.91. The van der Waals surface area contributed by atoms with Gasteiger partial charge in [-0.1, -0.05) is 5.92 Å². The standard InChI is InChI=1S/C14H12N4O/c1-2-10-8-18(9-10)14(19)11-3-4-15-12(7-11)13-16-5-6-17-13/h1,3-7,10H,8-9H2,(H,16,17). The second kappa shape index (κ2) is 4.58. The Kier molecular flexibility index (Phi) is 2.76. The fraction of sp³-hybridized carbons (Fsp3) is 0.214. The van der Waals surface area contributed by atoms with Gasteiger partial charge in [-0.15, -0.1) is 6.42 Å². The summed E-state index contributed by atoms with van der Waals surface area (Å²) in [6.07, 6.45) is 10.3. The molecule has 1 fully saturated rings. The first-order chi connectivity index (χ1) is 9.28. The minimum Gasteiger partial charge on any atom is -0.343 e. The number of carbonyl (C=O) groups excluding carboxylic acids is 1. The fourth-order valence-electron chi connectivity index (χ4n) is 2.03. The van der Waals surface area contributed by atoms with Gasteiger partial charge in [0, 0.05) is 37.2 Å². The smallest absolute Gasteiger partial charge is 0.254 e. The van der Waals surface area contributed by atoms with E-state index in [2.05, 4.69) is 20.9 Å². The van der Waals surface area contributed by atoms with Crippen molar-refractivity contribution < 1.29 is 4.79 Å². The maximum absolute atomic E-state index is 12.2. The van der Waals surface area contributed by atoms with Crippen molar-refractivity contribution in [2.75, 3.05) is 13.1 Å². The lowest BCUT2D eigenvalue weighted by Gasteiger charge is -2.36. The van der Waals surface area contributed by atoms with Gasteiger partial charge in [-0.05, 0) is 12.1 Å². The number of likely N-dealkylation sites (tertiary alicyclic amines) is 1. The van der Waals surface area contributed by atoms with Crippen molar-refractivity contribution in [2.45, 2.75) is 0 Å². The summed E-state index contributed by atoms with van der Waals surface area (Å²) >= 11 is 0. The predicted molar refractivity (Wildman–Crippen MR) is 70.0 cm³/mol. The fourth-order valence-corrected chi connectivity index (χ4v) is 2.03. The lowest BCUT2D eigenvalue weighted by Crippen LogP contribution is -2.49. The summed E-state index contributed by atoms with van der Waals surface area (Å²) in [5.74, 6) is 3.48. The molecule has 0 atom stereocenters. The summed E-state index contributed by atoms with van der Waals surface area (Å²) in [4.78, 5) is 25.2. The summed E-state index contributed by atoms with van der Waals surface area (Å²) in [6.45, 7) is 1.27. The van der Waals surface area contributed by atoms with Crippen LogP contribution in [0.15, 0.2) is 30.7 Å². The highest BCUT2D eigenvalue weighted by Crippen LogP contribution is 2.19. The van der Waals surface area contributed by atoms with Crippen molar-refractivity contribution in [3.63, 3.8) is 0 Å². The van der Waals surface area contributed by atoms with Gasteiger partial charge < -0.3 is 9.88 Å². The predicted octanol–water partition coefficient (Wildman–Crippen LogP) is 1.18. The molecule has 3 heterocycles. The van der Waals surface area contributed by atoms with Crippen LogP contribution in [0.3, 0.4) is 0 Å². The Hall–Kier alpha value is -2.61. The normalized spacial score (nSPS) is 14.8. The molecule has 0 unspecified atom stereocenters. The molecular weight excluding hydrogens is 240 g/mol. The molecule has 0 aliphatic carbocycles. The molecule has 1 amide bonds. The minimum absolute atomic E-state index is 0.0123. The Morgan fingerprint density at radius 2 is 2.26 bits per heavy atom. The zero-order chi connectivity index (χ0) is 13.2. The van der Waals surface area contributed by atoms with Crippen molar-refractivity contribution in [3.8, 4) is 23.9 Å². The number of hydrogen-bond donors (Lipinski definition) is 1. The molecule has 0 saturated carbocycles. The third kappa shape index (κ3) is 2.08. The van der Waals surface area contributed by atoms with Crippen LogP contribution in [0.1, 0.15) is 10.4 Å². The van der Waals surface area contributed by atoms with Gasteiger partial charge in [0.15, 0.2) is 5.82 Å². The highest BCUT2D eigenvalue weighted by Gasteiger charge is 2.29. The molecule has 0 bridgehead atoms. The van der Waals surface area contributed by atoms with Crippen molar-refractivity contribution in [3.05, 3.63) is 36.3 Å². The first kappa shape index (κ1) is 11.5. The Bertz CT molecular complexity index is 636. The molecule has 19 heavy (non-hydrogen) atoms. The Labute approximate surface area is 110 Å². The van der Waals surface area contributed by atoms with E-state index in [1.54, 1.807) is 35.6 Å². The van der Waals surface area contributed by atoms with Gasteiger partial charge >= 0.3 is 0 Å². The number of nitrogens with zero attached hydrogens (tertiary/aromatic N) is 3. The summed E-state index contributed by atoms with van der Waals surface area (Å²) < 4.78 is 0. The number of H-pyrrole nitrogens is 1. The van der Waals surface area contributed by atoms with Crippen LogP contribution >= 0.6 is 0 Å². The van der Waals surface area contributed by atoms with Gasteiger partial charge in [0.1, 0.15) is 5.69 Å². The van der Waals surface area contributed by atoms with E-state index in [4.69, 9.17) is 6.42 Å². The van der Waals surface area contributed by atoms with Crippen LogP contribution in [0.4, 0.5) is 0 Å². The highest BCUT2D eigenvalue weighted by atomic mass is 16.2. The zero-order valence-electron chi connectivity index (χ0n) is 10.2. The van der Waals surface area contributed by atoms with Crippen molar-refractivity contribution in [1.29, 1.82) is 0 Å². The molecule has 0 spiro atoms. The molecule has 94 valence electrons. The van der Waals surface area contributed by atoms with Crippen LogP contribution in [0, 0.1) is 18.3 Å². The van der Waals surface area contributed by atoms with E-state index in [9.17, 15) is 4.79 Å². The van der Waals surface area contributed by atoms with Gasteiger partial charge in [0.25, 0.3) is 5.91 Å². The third-order valence-corrected chi connectivity index (χ3v) is 3.15. The van der Waals surface area contributed by atoms with E-state index in [1.165, 1.54) is 0 Å². The molecule has 2 aromatic rings. The van der Waals surface area contributed by atoms with Gasteiger partial charge in [0.05, 0.1) is 5.92 Å². The number of terminal acetylenes is 1. The van der Waals surface area contributed by atoms with E-state index in [-0.39, 0.29) is 11.8 Å². The van der Waals surface area contributed by atoms with Gasteiger partial charge in [-0.25, -0.2) is 4.98 Å². The number of aromatic nitrogens is 3. The van der Waals surface area contributed by atoms with Crippen LogP contribution in [-0.2, 0) is 0 Å². The Balaban J connectivity index is 1.81. The van der Waals surface area contributed by atoms with Crippen LogP contribution in [0.25, 0.3) is 11.5 Å². The molecule has 1 aliphatic rings. The number of pyridine rings is 1. The molecule has 1 aliphatic heterocycles. The second-order valence-electron chi connectivity index (χ2n) is 4.44. The van der Waals surface area contributed by atoms with Crippen molar-refractivity contribution in [2.24, 2.45) is 5.92 Å². The summed E-state index contributed by atoms with van der Waals surface area (Å²) in [5.41, 5.74) is 1.27. The number of imidazole rings is 1. The molecule has 1 saturated heterocycles. The number of carbonyl (C=O) groups is 1. The monoisotopic (exact) mass is 252 g/mol. The maximum Gasteiger partial charge on any atom is 0.254 e. The van der Waals surface area contributed by atoms with E-state index in [0.29, 0.717) is 30.2 Å². The van der Waals surface area contributed by atoms with Gasteiger partial charge in [0.2, 0.25) is 0 Å². The summed E-state index contributed by atoms with van der Waals surface area (Å²) in [6, 6.07) is 3.45. The number of nitrogens with one attached hydrogen (secondary N) is 1. The molecule has 5 nitrogen and oxygen atoms in total. The molecule has 0 aromatic carbocycles. The average molecular weight is 252 g/mol. The Morgan fingerprint density at radius 3 is 2.95 bits per heavy atom. The Morgan fingerprint density at radius 1 is 1.42 bits per heavy atom. The number of aromatic amines is 1. The molecular formula is C14H12N4O. The first-order valence-electron chi connectivity index (χ1n) is 5.99. The zero-order valence-corrected chi connectivity index (χ0v) is 10.2. The minimum atomic E-state index is -0.0123. The van der Waals surface area contributed by atoms with Crippen molar-refractivity contribution >= 4 is 5.91 Å². The highest BCUT2D eigenvalue weighted by molar-refractivity contribution is 5.95. The first-order valence-corrected chi connectivity index (χ1v) is 5.99. The quantitative estimate of drug-likeness (QED) is 0.816. The van der Waals surface area contributed by atoms with E-state index in [1.807, 2.05) is 0 Å². The van der Waals surface area contributed by atoms with Crippen LogP contribution < -0.4 is 0 Å².